The number of carbonyl (C=O) groups excluding carboxylic acids is 1. The first-order valence-electron chi connectivity index (χ1n) is 8.05. The van der Waals surface area contributed by atoms with Crippen LogP contribution in [0.2, 0.25) is 0 Å². The molecular formula is C21H16N2OS2. The van der Waals surface area contributed by atoms with Crippen LogP contribution >= 0.6 is 22.7 Å². The van der Waals surface area contributed by atoms with E-state index in [4.69, 9.17) is 11.5 Å². The summed E-state index contributed by atoms with van der Waals surface area (Å²) in [6.45, 7) is 0. The normalized spacial score (nSPS) is 10.8. The zero-order valence-corrected chi connectivity index (χ0v) is 15.4. The van der Waals surface area contributed by atoms with Gasteiger partial charge in [-0.1, -0.05) is 48.5 Å². The summed E-state index contributed by atoms with van der Waals surface area (Å²) >= 11 is 3.19. The Morgan fingerprint density at radius 3 is 1.31 bits per heavy atom. The molecule has 4 N–H and O–H groups in total. The minimum Gasteiger partial charge on any atom is -0.398 e. The lowest BCUT2D eigenvalue weighted by molar-refractivity contribution is 0.103. The number of hydrogen-bond donors (Lipinski definition) is 2. The van der Waals surface area contributed by atoms with Crippen LogP contribution in [-0.4, -0.2) is 5.78 Å². The molecule has 4 rings (SSSR count). The summed E-state index contributed by atoms with van der Waals surface area (Å²) in [5.41, 5.74) is 16.8. The van der Waals surface area contributed by atoms with E-state index < -0.39 is 0 Å². The maximum absolute atomic E-state index is 12.7. The van der Waals surface area contributed by atoms with Gasteiger partial charge in [-0.15, -0.1) is 22.7 Å². The fourth-order valence-electron chi connectivity index (χ4n) is 2.82. The van der Waals surface area contributed by atoms with Gasteiger partial charge in [-0.2, -0.15) is 0 Å². The lowest BCUT2D eigenvalue weighted by atomic mass is 10.00. The van der Waals surface area contributed by atoms with E-state index in [9.17, 15) is 4.79 Å². The van der Waals surface area contributed by atoms with Gasteiger partial charge < -0.3 is 11.5 Å². The van der Waals surface area contributed by atoms with Gasteiger partial charge in [0.2, 0.25) is 0 Å². The van der Waals surface area contributed by atoms with E-state index in [1.165, 1.54) is 0 Å². The minimum atomic E-state index is 0.00130. The van der Waals surface area contributed by atoms with Gasteiger partial charge in [-0.05, 0) is 34.0 Å². The predicted octanol–water partition coefficient (Wildman–Crippen LogP) is 5.54. The van der Waals surface area contributed by atoms with Crippen molar-refractivity contribution in [3.05, 3.63) is 82.6 Å². The number of nitrogen functional groups attached to an aromatic ring is 2. The Morgan fingerprint density at radius 2 is 1.00 bits per heavy atom. The quantitative estimate of drug-likeness (QED) is 0.460. The van der Waals surface area contributed by atoms with Crippen LogP contribution in [-0.2, 0) is 0 Å². The van der Waals surface area contributed by atoms with Crippen molar-refractivity contribution in [2.75, 3.05) is 11.5 Å². The summed E-state index contributed by atoms with van der Waals surface area (Å²) in [7, 11) is 0. The number of thiophene rings is 2. The molecule has 0 aliphatic rings. The molecule has 0 unspecified atom stereocenters. The summed E-state index contributed by atoms with van der Waals surface area (Å²) in [6.07, 6.45) is 0. The molecule has 0 aliphatic carbocycles. The first-order valence-corrected chi connectivity index (χ1v) is 9.81. The standard InChI is InChI=1S/C21H16N2OS2/c22-17-9-11-25-20(17)15-5-1-13(2-6-15)19(24)14-3-7-16(8-4-14)21-18(23)10-12-26-21/h1-12H,22-23H2. The van der Waals surface area contributed by atoms with Crippen LogP contribution in [0.25, 0.3) is 20.9 Å². The Balaban J connectivity index is 1.58. The zero-order chi connectivity index (χ0) is 18.1. The van der Waals surface area contributed by atoms with E-state index in [0.29, 0.717) is 11.1 Å². The third-order valence-corrected chi connectivity index (χ3v) is 6.17. The zero-order valence-electron chi connectivity index (χ0n) is 13.8. The van der Waals surface area contributed by atoms with Gasteiger partial charge in [-0.25, -0.2) is 0 Å². The number of nitrogens with two attached hydrogens (primary N) is 2. The van der Waals surface area contributed by atoms with Crippen LogP contribution in [0, 0.1) is 0 Å². The van der Waals surface area contributed by atoms with Gasteiger partial charge >= 0.3 is 0 Å². The summed E-state index contributed by atoms with van der Waals surface area (Å²) < 4.78 is 0. The molecule has 3 nitrogen and oxygen atoms in total. The van der Waals surface area contributed by atoms with Gasteiger partial charge in [0, 0.05) is 11.1 Å². The van der Waals surface area contributed by atoms with E-state index in [0.717, 1.165) is 32.3 Å². The van der Waals surface area contributed by atoms with Crippen LogP contribution in [0.4, 0.5) is 11.4 Å². The second kappa shape index (κ2) is 6.78. The van der Waals surface area contributed by atoms with Gasteiger partial charge in [0.25, 0.3) is 0 Å². The molecule has 2 heterocycles. The molecule has 0 aliphatic heterocycles. The third kappa shape index (κ3) is 3.03. The number of carbonyl (C=O) groups is 1. The average Bonchev–Trinajstić information content (AvgIpc) is 3.29. The molecule has 0 fully saturated rings. The van der Waals surface area contributed by atoms with Gasteiger partial charge in [-0.3, -0.25) is 4.79 Å². The molecule has 26 heavy (non-hydrogen) atoms. The highest BCUT2D eigenvalue weighted by Gasteiger charge is 2.11. The predicted molar refractivity (Wildman–Crippen MR) is 112 cm³/mol. The highest BCUT2D eigenvalue weighted by molar-refractivity contribution is 7.14. The number of anilines is 2. The topological polar surface area (TPSA) is 69.1 Å². The summed E-state index contributed by atoms with van der Waals surface area (Å²) in [5.74, 6) is 0.00130. The molecule has 2 aromatic heterocycles. The Morgan fingerprint density at radius 1 is 0.615 bits per heavy atom. The van der Waals surface area contributed by atoms with Crippen molar-refractivity contribution in [3.8, 4) is 20.9 Å². The van der Waals surface area contributed by atoms with Crippen LogP contribution in [0.5, 0.6) is 0 Å². The molecule has 0 atom stereocenters. The molecule has 5 heteroatoms. The smallest absolute Gasteiger partial charge is 0.193 e. The van der Waals surface area contributed by atoms with Gasteiger partial charge in [0.1, 0.15) is 0 Å². The van der Waals surface area contributed by atoms with Crippen molar-refractivity contribution in [2.45, 2.75) is 0 Å². The summed E-state index contributed by atoms with van der Waals surface area (Å²) in [5, 5.41) is 3.93. The molecule has 2 aromatic carbocycles. The van der Waals surface area contributed by atoms with Crippen molar-refractivity contribution in [3.63, 3.8) is 0 Å². The van der Waals surface area contributed by atoms with Crippen molar-refractivity contribution < 1.29 is 4.79 Å². The first-order chi connectivity index (χ1) is 12.6. The Labute approximate surface area is 159 Å². The minimum absolute atomic E-state index is 0.00130. The van der Waals surface area contributed by atoms with Crippen molar-refractivity contribution >= 4 is 39.8 Å². The lowest BCUT2D eigenvalue weighted by Gasteiger charge is -2.05. The number of ketones is 1. The molecule has 128 valence electrons. The number of benzene rings is 2. The number of hydrogen-bond acceptors (Lipinski definition) is 5. The second-order valence-corrected chi connectivity index (χ2v) is 7.73. The summed E-state index contributed by atoms with van der Waals surface area (Å²) in [4.78, 5) is 14.8. The Hall–Kier alpha value is -2.89. The van der Waals surface area contributed by atoms with Crippen LogP contribution in [0.3, 0.4) is 0 Å². The largest absolute Gasteiger partial charge is 0.398 e. The second-order valence-electron chi connectivity index (χ2n) is 5.89. The highest BCUT2D eigenvalue weighted by atomic mass is 32.1. The molecule has 0 radical (unpaired) electrons. The van der Waals surface area contributed by atoms with Crippen LogP contribution in [0.15, 0.2) is 71.4 Å². The maximum Gasteiger partial charge on any atom is 0.193 e. The highest BCUT2D eigenvalue weighted by Crippen LogP contribution is 2.33. The van der Waals surface area contributed by atoms with E-state index in [2.05, 4.69) is 0 Å². The molecule has 0 amide bonds. The van der Waals surface area contributed by atoms with Crippen LogP contribution < -0.4 is 11.5 Å². The fourth-order valence-corrected chi connectivity index (χ4v) is 4.47. The summed E-state index contributed by atoms with van der Waals surface area (Å²) in [6, 6.07) is 18.9. The Bertz CT molecular complexity index is 974. The van der Waals surface area contributed by atoms with Crippen molar-refractivity contribution in [1.29, 1.82) is 0 Å². The molecule has 0 spiro atoms. The van der Waals surface area contributed by atoms with Crippen molar-refractivity contribution in [2.24, 2.45) is 0 Å². The van der Waals surface area contributed by atoms with Crippen molar-refractivity contribution in [1.82, 2.24) is 0 Å². The molecule has 4 aromatic rings. The molecular weight excluding hydrogens is 360 g/mol. The van der Waals surface area contributed by atoms with Crippen LogP contribution in [0.1, 0.15) is 15.9 Å². The molecule has 0 saturated heterocycles. The third-order valence-electron chi connectivity index (χ3n) is 4.21. The van der Waals surface area contributed by atoms with Gasteiger partial charge in [0.15, 0.2) is 5.78 Å². The van der Waals surface area contributed by atoms with E-state index in [1.54, 1.807) is 22.7 Å². The van der Waals surface area contributed by atoms with E-state index >= 15 is 0 Å². The van der Waals surface area contributed by atoms with E-state index in [1.807, 2.05) is 71.4 Å². The monoisotopic (exact) mass is 376 g/mol. The van der Waals surface area contributed by atoms with Gasteiger partial charge in [0.05, 0.1) is 21.1 Å². The first kappa shape index (κ1) is 16.6. The number of rotatable bonds is 4. The Kier molecular flexibility index (Phi) is 4.32. The molecule has 0 saturated carbocycles. The SMILES string of the molecule is Nc1ccsc1-c1ccc(C(=O)c2ccc(-c3sccc3N)cc2)cc1. The van der Waals surface area contributed by atoms with E-state index in [-0.39, 0.29) is 5.78 Å². The maximum atomic E-state index is 12.7. The molecule has 0 bridgehead atoms. The lowest BCUT2D eigenvalue weighted by Crippen LogP contribution is -2.01. The average molecular weight is 377 g/mol. The fraction of sp³-hybridized carbons (Fsp3) is 0.